The number of carbonyl (C=O) groups excluding carboxylic acids is 3. The van der Waals surface area contributed by atoms with E-state index >= 15 is 0 Å². The predicted octanol–water partition coefficient (Wildman–Crippen LogP) is 2.26. The molecule has 3 aliphatic rings. The van der Waals surface area contributed by atoms with Crippen molar-refractivity contribution in [1.82, 2.24) is 20.2 Å². The number of nitriles is 1. The molecule has 2 aliphatic heterocycles. The molecule has 0 unspecified atom stereocenters. The van der Waals surface area contributed by atoms with E-state index < -0.39 is 30.5 Å². The Balaban J connectivity index is 1.27. The van der Waals surface area contributed by atoms with Crippen LogP contribution in [-0.4, -0.2) is 63.7 Å². The Morgan fingerprint density at radius 3 is 2.68 bits per heavy atom. The van der Waals surface area contributed by atoms with Crippen LogP contribution in [0.2, 0.25) is 0 Å². The lowest BCUT2D eigenvalue weighted by molar-refractivity contribution is -0.161. The Bertz CT molecular complexity index is 1290. The van der Waals surface area contributed by atoms with E-state index in [0.717, 1.165) is 17.7 Å². The number of hydrogen-bond acceptors (Lipinski definition) is 7. The number of halogens is 2. The molecule has 10 nitrogen and oxygen atoms in total. The van der Waals surface area contributed by atoms with Crippen molar-refractivity contribution in [2.24, 2.45) is 5.92 Å². The van der Waals surface area contributed by atoms with E-state index in [-0.39, 0.29) is 54.9 Å². The van der Waals surface area contributed by atoms with Gasteiger partial charge < -0.3 is 20.3 Å². The highest BCUT2D eigenvalue weighted by atomic mass is 19.3. The number of nitrogens with zero attached hydrogens (tertiary/aromatic N) is 4. The monoisotopic (exact) mass is 510 g/mol. The Morgan fingerprint density at radius 1 is 1.19 bits per heavy atom. The number of aromatic nitrogens is 2. The predicted molar refractivity (Wildman–Crippen MR) is 125 cm³/mol. The van der Waals surface area contributed by atoms with Gasteiger partial charge in [0, 0.05) is 36.9 Å². The number of amides is 3. The third-order valence-electron chi connectivity index (χ3n) is 6.67. The summed E-state index contributed by atoms with van der Waals surface area (Å²) in [6.45, 7) is -0.791. The van der Waals surface area contributed by atoms with Crippen LogP contribution in [-0.2, 0) is 14.4 Å². The Hall–Kier alpha value is -4.14. The van der Waals surface area contributed by atoms with Gasteiger partial charge in [-0.05, 0) is 37.5 Å². The number of anilines is 1. The molecule has 2 aromatic rings. The number of benzene rings is 1. The van der Waals surface area contributed by atoms with Crippen LogP contribution in [0.15, 0.2) is 30.6 Å². The van der Waals surface area contributed by atoms with Gasteiger partial charge in [0.25, 0.3) is 0 Å². The molecule has 12 heteroatoms. The summed E-state index contributed by atoms with van der Waals surface area (Å²) in [5.74, 6) is -3.92. The highest BCUT2D eigenvalue weighted by Crippen LogP contribution is 2.34. The molecule has 0 spiro atoms. The lowest BCUT2D eigenvalue weighted by atomic mass is 10.0. The summed E-state index contributed by atoms with van der Waals surface area (Å²) >= 11 is 0. The molecule has 2 atom stereocenters. The van der Waals surface area contributed by atoms with E-state index in [1.54, 1.807) is 12.1 Å². The molecule has 2 saturated heterocycles. The van der Waals surface area contributed by atoms with Gasteiger partial charge in [-0.25, -0.2) is 18.7 Å². The average molecular weight is 511 g/mol. The summed E-state index contributed by atoms with van der Waals surface area (Å²) in [4.78, 5) is 45.2. The minimum atomic E-state index is -3.36. The summed E-state index contributed by atoms with van der Waals surface area (Å²) < 4.78 is 35.5. The summed E-state index contributed by atoms with van der Waals surface area (Å²) in [5.41, 5.74) is 1.02. The summed E-state index contributed by atoms with van der Waals surface area (Å²) in [7, 11) is 0. The van der Waals surface area contributed by atoms with Crippen LogP contribution in [0.4, 0.5) is 14.6 Å². The van der Waals surface area contributed by atoms with Crippen LogP contribution in [0.25, 0.3) is 11.3 Å². The molecule has 1 aromatic carbocycles. The van der Waals surface area contributed by atoms with E-state index in [9.17, 15) is 28.4 Å². The number of nitrogens with one attached hydrogen (secondary N) is 2. The van der Waals surface area contributed by atoms with E-state index in [4.69, 9.17) is 4.74 Å². The minimum absolute atomic E-state index is 0.00456. The lowest BCUT2D eigenvalue weighted by Crippen LogP contribution is -2.58. The third-order valence-corrected chi connectivity index (χ3v) is 6.67. The highest BCUT2D eigenvalue weighted by Gasteiger charge is 2.49. The summed E-state index contributed by atoms with van der Waals surface area (Å²) in [5, 5.41) is 14.9. The molecule has 0 radical (unpaired) electrons. The fourth-order valence-corrected chi connectivity index (χ4v) is 4.46. The topological polar surface area (TPSA) is 137 Å². The van der Waals surface area contributed by atoms with Crippen molar-refractivity contribution in [2.75, 3.05) is 18.4 Å². The zero-order valence-corrected chi connectivity index (χ0v) is 19.7. The number of rotatable bonds is 6. The van der Waals surface area contributed by atoms with Gasteiger partial charge in [0.1, 0.15) is 30.0 Å². The maximum absolute atomic E-state index is 15.0. The standard InChI is InChI=1S/C25H24F2N6O4/c26-25(27)12-33(24(36)17-4-6-22(34)31-17)8-7-20(25)37-19-5-3-15(9-16(19)11-28)18-10-21(30-13-29-18)32-23(35)14-1-2-14/h3,5,9-10,13-14,17,20H,1-2,4,6-8,12H2,(H,31,34)(H,29,30,32,35)/t17-,20-/m0/s1. The van der Waals surface area contributed by atoms with Crippen LogP contribution in [0.5, 0.6) is 5.75 Å². The smallest absolute Gasteiger partial charge is 0.301 e. The quantitative estimate of drug-likeness (QED) is 0.608. The fourth-order valence-electron chi connectivity index (χ4n) is 4.46. The van der Waals surface area contributed by atoms with Crippen molar-refractivity contribution in [3.8, 4) is 23.1 Å². The molecule has 5 rings (SSSR count). The second-order valence-electron chi connectivity index (χ2n) is 9.45. The number of alkyl halides is 2. The van der Waals surface area contributed by atoms with Gasteiger partial charge in [-0.1, -0.05) is 0 Å². The molecular weight excluding hydrogens is 486 g/mol. The van der Waals surface area contributed by atoms with Gasteiger partial charge in [-0.2, -0.15) is 5.26 Å². The number of hydrogen-bond donors (Lipinski definition) is 2. The van der Waals surface area contributed by atoms with Gasteiger partial charge in [-0.3, -0.25) is 14.4 Å². The molecule has 3 fully saturated rings. The zero-order valence-electron chi connectivity index (χ0n) is 19.7. The van der Waals surface area contributed by atoms with Crippen molar-refractivity contribution in [2.45, 2.75) is 50.2 Å². The Morgan fingerprint density at radius 2 is 2.00 bits per heavy atom. The molecule has 3 heterocycles. The molecule has 192 valence electrons. The summed E-state index contributed by atoms with van der Waals surface area (Å²) in [6.07, 6.45) is 1.82. The summed E-state index contributed by atoms with van der Waals surface area (Å²) in [6, 6.07) is 7.27. The van der Waals surface area contributed by atoms with Crippen LogP contribution < -0.4 is 15.4 Å². The van der Waals surface area contributed by atoms with Crippen molar-refractivity contribution < 1.29 is 27.9 Å². The largest absolute Gasteiger partial charge is 0.483 e. The normalized spacial score (nSPS) is 22.6. The second kappa shape index (κ2) is 9.72. The van der Waals surface area contributed by atoms with E-state index in [2.05, 4.69) is 20.6 Å². The van der Waals surface area contributed by atoms with Crippen LogP contribution in [0.1, 0.15) is 37.7 Å². The zero-order chi connectivity index (χ0) is 26.2. The first-order valence-electron chi connectivity index (χ1n) is 12.0. The van der Waals surface area contributed by atoms with E-state index in [1.807, 2.05) is 6.07 Å². The van der Waals surface area contributed by atoms with Crippen LogP contribution in [0.3, 0.4) is 0 Å². The SMILES string of the molecule is N#Cc1cc(-c2cc(NC(=O)C3CC3)ncn2)ccc1O[C@H]1CCN(C(=O)[C@@H]2CCC(=O)N2)CC1(F)F. The minimum Gasteiger partial charge on any atom is -0.483 e. The molecule has 3 amide bonds. The van der Waals surface area contributed by atoms with Gasteiger partial charge >= 0.3 is 5.92 Å². The van der Waals surface area contributed by atoms with Gasteiger partial charge in [0.15, 0.2) is 6.10 Å². The number of likely N-dealkylation sites (tertiary alicyclic amines) is 1. The molecule has 1 aliphatic carbocycles. The molecule has 37 heavy (non-hydrogen) atoms. The van der Waals surface area contributed by atoms with Crippen molar-refractivity contribution >= 4 is 23.5 Å². The number of piperidine rings is 1. The molecule has 1 saturated carbocycles. The van der Waals surface area contributed by atoms with Gasteiger partial charge in [-0.15, -0.1) is 0 Å². The van der Waals surface area contributed by atoms with Crippen LogP contribution >= 0.6 is 0 Å². The second-order valence-corrected chi connectivity index (χ2v) is 9.45. The van der Waals surface area contributed by atoms with Crippen molar-refractivity contribution in [3.63, 3.8) is 0 Å². The Kier molecular flexibility index (Phi) is 6.45. The van der Waals surface area contributed by atoms with E-state index in [0.29, 0.717) is 17.1 Å². The molecule has 1 aromatic heterocycles. The molecular formula is C25H24F2N6O4. The first kappa shape index (κ1) is 24.5. The fraction of sp³-hybridized carbons (Fsp3) is 0.440. The lowest BCUT2D eigenvalue weighted by Gasteiger charge is -2.39. The molecule has 0 bridgehead atoms. The maximum atomic E-state index is 15.0. The molecule has 2 N–H and O–H groups in total. The number of carbonyl (C=O) groups is 3. The highest BCUT2D eigenvalue weighted by molar-refractivity contribution is 5.93. The van der Waals surface area contributed by atoms with Gasteiger partial charge in [0.2, 0.25) is 17.7 Å². The van der Waals surface area contributed by atoms with Crippen molar-refractivity contribution in [3.05, 3.63) is 36.2 Å². The first-order chi connectivity index (χ1) is 17.7. The van der Waals surface area contributed by atoms with Crippen molar-refractivity contribution in [1.29, 1.82) is 5.26 Å². The van der Waals surface area contributed by atoms with Gasteiger partial charge in [0.05, 0.1) is 17.8 Å². The number of ether oxygens (including phenoxy) is 1. The average Bonchev–Trinajstić information content (AvgIpc) is 3.65. The maximum Gasteiger partial charge on any atom is 0.301 e. The first-order valence-corrected chi connectivity index (χ1v) is 12.0. The van der Waals surface area contributed by atoms with Crippen LogP contribution in [0, 0.1) is 17.2 Å². The third kappa shape index (κ3) is 5.35. The van der Waals surface area contributed by atoms with E-state index in [1.165, 1.54) is 18.5 Å². The Labute approximate surface area is 211 Å².